The van der Waals surface area contributed by atoms with E-state index in [9.17, 15) is 9.90 Å². The van der Waals surface area contributed by atoms with E-state index < -0.39 is 11.4 Å². The minimum Gasteiger partial charge on any atom is -0.481 e. The third kappa shape index (κ3) is 2.32. The predicted molar refractivity (Wildman–Crippen MR) is 55.8 cm³/mol. The van der Waals surface area contributed by atoms with Gasteiger partial charge in [0.1, 0.15) is 0 Å². The van der Waals surface area contributed by atoms with Crippen LogP contribution in [-0.4, -0.2) is 36.9 Å². The lowest BCUT2D eigenvalue weighted by Crippen LogP contribution is -2.47. The Labute approximate surface area is 90.0 Å². The van der Waals surface area contributed by atoms with Gasteiger partial charge in [0.25, 0.3) is 0 Å². The molecule has 2 fully saturated rings. The fourth-order valence-corrected chi connectivity index (χ4v) is 2.65. The molecule has 15 heavy (non-hydrogen) atoms. The molecule has 2 N–H and O–H groups in total. The van der Waals surface area contributed by atoms with Gasteiger partial charge in [-0.2, -0.15) is 0 Å². The number of rotatable bonds is 3. The molecule has 0 amide bonds. The van der Waals surface area contributed by atoms with Crippen LogP contribution in [0.15, 0.2) is 0 Å². The molecule has 0 radical (unpaired) electrons. The van der Waals surface area contributed by atoms with E-state index in [4.69, 9.17) is 4.74 Å². The SMILES string of the molecule is O=C(O)C1(CC2CCCO2)CCCNC1. The topological polar surface area (TPSA) is 58.6 Å². The van der Waals surface area contributed by atoms with Gasteiger partial charge >= 0.3 is 5.97 Å². The van der Waals surface area contributed by atoms with E-state index in [-0.39, 0.29) is 6.10 Å². The van der Waals surface area contributed by atoms with Crippen molar-refractivity contribution in [3.63, 3.8) is 0 Å². The lowest BCUT2D eigenvalue weighted by atomic mass is 9.76. The monoisotopic (exact) mass is 213 g/mol. The summed E-state index contributed by atoms with van der Waals surface area (Å²) in [7, 11) is 0. The second kappa shape index (κ2) is 4.49. The number of hydrogen-bond acceptors (Lipinski definition) is 3. The van der Waals surface area contributed by atoms with Crippen LogP contribution in [0.1, 0.15) is 32.1 Å². The molecule has 0 aliphatic carbocycles. The second-order valence-corrected chi connectivity index (χ2v) is 4.70. The molecule has 2 saturated heterocycles. The Morgan fingerprint density at radius 1 is 1.53 bits per heavy atom. The zero-order valence-electron chi connectivity index (χ0n) is 9.00. The van der Waals surface area contributed by atoms with Crippen molar-refractivity contribution in [2.75, 3.05) is 19.7 Å². The van der Waals surface area contributed by atoms with Gasteiger partial charge in [0.2, 0.25) is 0 Å². The van der Waals surface area contributed by atoms with Crippen molar-refractivity contribution in [2.24, 2.45) is 5.41 Å². The van der Waals surface area contributed by atoms with Crippen LogP contribution in [-0.2, 0) is 9.53 Å². The zero-order chi connectivity index (χ0) is 10.7. The molecule has 2 aliphatic rings. The third-order valence-electron chi connectivity index (χ3n) is 3.57. The number of carboxylic acids is 1. The zero-order valence-corrected chi connectivity index (χ0v) is 9.00. The molecule has 2 atom stereocenters. The number of carbonyl (C=O) groups is 1. The van der Waals surface area contributed by atoms with Crippen molar-refractivity contribution in [1.82, 2.24) is 5.32 Å². The van der Waals surface area contributed by atoms with Crippen LogP contribution in [0.5, 0.6) is 0 Å². The summed E-state index contributed by atoms with van der Waals surface area (Å²) in [5.74, 6) is -0.662. The highest BCUT2D eigenvalue weighted by atomic mass is 16.5. The quantitative estimate of drug-likeness (QED) is 0.734. The first-order chi connectivity index (χ1) is 7.23. The average molecular weight is 213 g/mol. The minimum atomic E-state index is -0.662. The Morgan fingerprint density at radius 2 is 2.40 bits per heavy atom. The molecule has 86 valence electrons. The fraction of sp³-hybridized carbons (Fsp3) is 0.909. The standard InChI is InChI=1S/C11H19NO3/c13-10(14)11(4-2-5-12-8-11)7-9-3-1-6-15-9/h9,12H,1-8H2,(H,13,14). The summed E-state index contributed by atoms with van der Waals surface area (Å²) < 4.78 is 5.54. The molecular weight excluding hydrogens is 194 g/mol. The summed E-state index contributed by atoms with van der Waals surface area (Å²) >= 11 is 0. The molecule has 0 saturated carbocycles. The molecule has 0 aromatic heterocycles. The molecule has 0 bridgehead atoms. The van der Waals surface area contributed by atoms with Gasteiger partial charge in [-0.15, -0.1) is 0 Å². The number of nitrogens with one attached hydrogen (secondary N) is 1. The molecular formula is C11H19NO3. The van der Waals surface area contributed by atoms with Gasteiger partial charge in [-0.05, 0) is 38.6 Å². The molecule has 2 rings (SSSR count). The van der Waals surface area contributed by atoms with Crippen LogP contribution in [0.4, 0.5) is 0 Å². The molecule has 2 unspecified atom stereocenters. The van der Waals surface area contributed by atoms with E-state index in [1.807, 2.05) is 0 Å². The van der Waals surface area contributed by atoms with Gasteiger partial charge in [0.05, 0.1) is 11.5 Å². The lowest BCUT2D eigenvalue weighted by molar-refractivity contribution is -0.152. The Hall–Kier alpha value is -0.610. The first-order valence-corrected chi connectivity index (χ1v) is 5.79. The first-order valence-electron chi connectivity index (χ1n) is 5.79. The molecule has 0 aromatic carbocycles. The summed E-state index contributed by atoms with van der Waals surface area (Å²) in [6.07, 6.45) is 4.69. The maximum absolute atomic E-state index is 11.4. The Kier molecular flexibility index (Phi) is 3.26. The normalized spacial score (nSPS) is 36.7. The van der Waals surface area contributed by atoms with Crippen LogP contribution >= 0.6 is 0 Å². The van der Waals surface area contributed by atoms with Crippen LogP contribution in [0.25, 0.3) is 0 Å². The van der Waals surface area contributed by atoms with Crippen LogP contribution < -0.4 is 5.32 Å². The maximum Gasteiger partial charge on any atom is 0.311 e. The molecule has 0 spiro atoms. The lowest BCUT2D eigenvalue weighted by Gasteiger charge is -2.35. The van der Waals surface area contributed by atoms with Crippen molar-refractivity contribution < 1.29 is 14.6 Å². The van der Waals surface area contributed by atoms with Gasteiger partial charge in [-0.1, -0.05) is 0 Å². The van der Waals surface area contributed by atoms with Gasteiger partial charge in [-0.3, -0.25) is 4.79 Å². The third-order valence-corrected chi connectivity index (χ3v) is 3.57. The van der Waals surface area contributed by atoms with Crippen molar-refractivity contribution in [3.8, 4) is 0 Å². The van der Waals surface area contributed by atoms with E-state index in [1.165, 1.54) is 0 Å². The second-order valence-electron chi connectivity index (χ2n) is 4.70. The summed E-state index contributed by atoms with van der Waals surface area (Å²) in [5.41, 5.74) is -0.576. The summed E-state index contributed by atoms with van der Waals surface area (Å²) in [6.45, 7) is 2.34. The molecule has 2 heterocycles. The highest BCUT2D eigenvalue weighted by Gasteiger charge is 2.42. The largest absolute Gasteiger partial charge is 0.481 e. The van der Waals surface area contributed by atoms with Crippen molar-refractivity contribution >= 4 is 5.97 Å². The summed E-state index contributed by atoms with van der Waals surface area (Å²) in [5, 5.41) is 12.5. The Bertz CT molecular complexity index is 230. The van der Waals surface area contributed by atoms with Crippen LogP contribution in [0.3, 0.4) is 0 Å². The van der Waals surface area contributed by atoms with Crippen molar-refractivity contribution in [1.29, 1.82) is 0 Å². The van der Waals surface area contributed by atoms with E-state index in [2.05, 4.69) is 5.32 Å². The summed E-state index contributed by atoms with van der Waals surface area (Å²) in [6, 6.07) is 0. The van der Waals surface area contributed by atoms with E-state index in [0.29, 0.717) is 13.0 Å². The summed E-state index contributed by atoms with van der Waals surface area (Å²) in [4.78, 5) is 11.4. The van der Waals surface area contributed by atoms with E-state index in [1.54, 1.807) is 0 Å². The highest BCUT2D eigenvalue weighted by molar-refractivity contribution is 5.75. The maximum atomic E-state index is 11.4. The fourth-order valence-electron chi connectivity index (χ4n) is 2.65. The van der Waals surface area contributed by atoms with Crippen molar-refractivity contribution in [2.45, 2.75) is 38.2 Å². The smallest absolute Gasteiger partial charge is 0.311 e. The van der Waals surface area contributed by atoms with Gasteiger partial charge in [-0.25, -0.2) is 0 Å². The Morgan fingerprint density at radius 3 is 2.93 bits per heavy atom. The molecule has 0 aromatic rings. The Balaban J connectivity index is 2.00. The van der Waals surface area contributed by atoms with Crippen LogP contribution in [0.2, 0.25) is 0 Å². The average Bonchev–Trinajstić information content (AvgIpc) is 2.71. The van der Waals surface area contributed by atoms with Gasteiger partial charge < -0.3 is 15.2 Å². The number of hydrogen-bond donors (Lipinski definition) is 2. The number of aliphatic carboxylic acids is 1. The van der Waals surface area contributed by atoms with Crippen molar-refractivity contribution in [3.05, 3.63) is 0 Å². The molecule has 4 heteroatoms. The number of piperidine rings is 1. The van der Waals surface area contributed by atoms with Crippen LogP contribution in [0, 0.1) is 5.41 Å². The number of ether oxygens (including phenoxy) is 1. The van der Waals surface area contributed by atoms with E-state index >= 15 is 0 Å². The molecule has 4 nitrogen and oxygen atoms in total. The van der Waals surface area contributed by atoms with E-state index in [0.717, 1.165) is 38.8 Å². The van der Waals surface area contributed by atoms with Gasteiger partial charge in [0.15, 0.2) is 0 Å². The first kappa shape index (κ1) is 10.9. The van der Waals surface area contributed by atoms with Gasteiger partial charge in [0, 0.05) is 13.2 Å². The predicted octanol–water partition coefficient (Wildman–Crippen LogP) is 1.01. The number of carboxylic acid groups (broad SMARTS) is 1. The highest BCUT2D eigenvalue weighted by Crippen LogP contribution is 2.35. The molecule has 2 aliphatic heterocycles. The minimum absolute atomic E-state index is 0.168.